The van der Waals surface area contributed by atoms with Crippen molar-refractivity contribution in [3.63, 3.8) is 0 Å². The first-order chi connectivity index (χ1) is 11.8. The molecule has 2 atom stereocenters. The van der Waals surface area contributed by atoms with E-state index in [4.69, 9.17) is 0 Å². The molecule has 2 rings (SSSR count). The number of methoxy groups -OCH3 is 1. The highest BCUT2D eigenvalue weighted by atomic mass is 32.2. The van der Waals surface area contributed by atoms with Gasteiger partial charge in [0.05, 0.1) is 18.8 Å². The van der Waals surface area contributed by atoms with E-state index in [1.54, 1.807) is 9.21 Å². The van der Waals surface area contributed by atoms with E-state index in [1.807, 2.05) is 0 Å². The lowest BCUT2D eigenvalue weighted by Gasteiger charge is -2.22. The molecule has 2 saturated heterocycles. The monoisotopic (exact) mass is 374 g/mol. The lowest BCUT2D eigenvalue weighted by molar-refractivity contribution is -0.143. The number of sulfonamides is 1. The Kier molecular flexibility index (Phi) is 6.85. The van der Waals surface area contributed by atoms with Crippen LogP contribution in [0.4, 0.5) is 0 Å². The van der Waals surface area contributed by atoms with Gasteiger partial charge in [-0.2, -0.15) is 0 Å². The second-order valence-corrected chi connectivity index (χ2v) is 9.57. The predicted molar refractivity (Wildman–Crippen MR) is 94.3 cm³/mol. The van der Waals surface area contributed by atoms with Crippen LogP contribution in [0.5, 0.6) is 0 Å². The van der Waals surface area contributed by atoms with Crippen molar-refractivity contribution in [3.8, 4) is 0 Å². The Morgan fingerprint density at radius 2 is 1.84 bits per heavy atom. The van der Waals surface area contributed by atoms with Gasteiger partial charge in [0.1, 0.15) is 0 Å². The first-order valence-electron chi connectivity index (χ1n) is 9.09. The number of ether oxygens (including phenoxy) is 1. The Balaban J connectivity index is 1.93. The molecule has 0 aromatic carbocycles. The second kappa shape index (κ2) is 8.49. The molecule has 2 aliphatic rings. The van der Waals surface area contributed by atoms with E-state index >= 15 is 0 Å². The van der Waals surface area contributed by atoms with Gasteiger partial charge in [0.25, 0.3) is 0 Å². The van der Waals surface area contributed by atoms with Crippen molar-refractivity contribution in [2.24, 2.45) is 11.8 Å². The summed E-state index contributed by atoms with van der Waals surface area (Å²) in [6.45, 7) is 6.36. The van der Waals surface area contributed by atoms with Gasteiger partial charge < -0.3 is 9.64 Å². The average Bonchev–Trinajstić information content (AvgIpc) is 2.70. The summed E-state index contributed by atoms with van der Waals surface area (Å²) in [5, 5.41) is -0.377. The fraction of sp³-hybridized carbons (Fsp3) is 0.882. The Morgan fingerprint density at radius 3 is 2.48 bits per heavy atom. The molecule has 0 saturated carbocycles. The van der Waals surface area contributed by atoms with Gasteiger partial charge in [0.15, 0.2) is 0 Å². The maximum Gasteiger partial charge on any atom is 0.306 e. The Morgan fingerprint density at radius 1 is 1.16 bits per heavy atom. The molecule has 8 heteroatoms. The van der Waals surface area contributed by atoms with E-state index in [2.05, 4.69) is 18.6 Å². The van der Waals surface area contributed by atoms with Crippen molar-refractivity contribution in [1.82, 2.24) is 9.21 Å². The van der Waals surface area contributed by atoms with Gasteiger partial charge in [0, 0.05) is 32.6 Å². The zero-order valence-electron chi connectivity index (χ0n) is 15.4. The van der Waals surface area contributed by atoms with Gasteiger partial charge in [-0.1, -0.05) is 13.8 Å². The van der Waals surface area contributed by atoms with Gasteiger partial charge in [-0.05, 0) is 31.1 Å². The minimum absolute atomic E-state index is 0.0694. The molecule has 25 heavy (non-hydrogen) atoms. The summed E-state index contributed by atoms with van der Waals surface area (Å²) in [7, 11) is -1.96. The standard InChI is InChI=1S/C17H30N2O5S/c1-13(2)6-11-19-12-14-7-9-18(10-8-15(14)25(19,22)23)16(20)4-5-17(21)24-3/h13-15H,4-12H2,1-3H3/t14-,15-/m1/s1. The second-order valence-electron chi connectivity index (χ2n) is 7.42. The molecule has 0 aromatic heterocycles. The van der Waals surface area contributed by atoms with Crippen LogP contribution >= 0.6 is 0 Å². The molecule has 144 valence electrons. The van der Waals surface area contributed by atoms with E-state index in [0.29, 0.717) is 44.9 Å². The SMILES string of the molecule is COC(=O)CCC(=O)N1CC[C@@H]2CN(CCC(C)C)S(=O)(=O)[C@@H]2CC1. The van der Waals surface area contributed by atoms with Crippen LogP contribution in [0.1, 0.15) is 46.0 Å². The number of carbonyl (C=O) groups is 2. The van der Waals surface area contributed by atoms with Crippen LogP contribution in [0, 0.1) is 11.8 Å². The summed E-state index contributed by atoms with van der Waals surface area (Å²) in [6.07, 6.45) is 2.24. The number of esters is 1. The van der Waals surface area contributed by atoms with E-state index in [-0.39, 0.29) is 29.9 Å². The molecular formula is C17H30N2O5S. The van der Waals surface area contributed by atoms with Crippen molar-refractivity contribution in [1.29, 1.82) is 0 Å². The number of rotatable bonds is 6. The fourth-order valence-corrected chi connectivity index (χ4v) is 5.89. The van der Waals surface area contributed by atoms with Crippen LogP contribution in [0.2, 0.25) is 0 Å². The third-order valence-corrected chi connectivity index (χ3v) is 7.68. The minimum atomic E-state index is -3.26. The molecule has 7 nitrogen and oxygen atoms in total. The van der Waals surface area contributed by atoms with E-state index in [0.717, 1.165) is 6.42 Å². The highest BCUT2D eigenvalue weighted by Crippen LogP contribution is 2.34. The Labute approximate surface area is 150 Å². The normalized spacial score (nSPS) is 26.3. The van der Waals surface area contributed by atoms with Crippen molar-refractivity contribution in [3.05, 3.63) is 0 Å². The van der Waals surface area contributed by atoms with Gasteiger partial charge in [0.2, 0.25) is 15.9 Å². The Hall–Kier alpha value is -1.15. The molecule has 2 heterocycles. The van der Waals surface area contributed by atoms with E-state index in [9.17, 15) is 18.0 Å². The van der Waals surface area contributed by atoms with Gasteiger partial charge in [-0.3, -0.25) is 9.59 Å². The average molecular weight is 375 g/mol. The molecule has 0 aromatic rings. The highest BCUT2D eigenvalue weighted by molar-refractivity contribution is 7.90. The zero-order valence-corrected chi connectivity index (χ0v) is 16.3. The third kappa shape index (κ3) is 4.94. The van der Waals surface area contributed by atoms with Crippen LogP contribution in [0.3, 0.4) is 0 Å². The number of likely N-dealkylation sites (tertiary alicyclic amines) is 1. The van der Waals surface area contributed by atoms with Crippen LogP contribution in [-0.4, -0.2) is 68.0 Å². The fourth-order valence-electron chi connectivity index (χ4n) is 3.64. The number of hydrogen-bond acceptors (Lipinski definition) is 5. The molecular weight excluding hydrogens is 344 g/mol. The molecule has 0 bridgehead atoms. The third-order valence-electron chi connectivity index (χ3n) is 5.24. The Bertz CT molecular complexity index is 590. The lowest BCUT2D eigenvalue weighted by Crippen LogP contribution is -2.35. The quantitative estimate of drug-likeness (QED) is 0.653. The van der Waals surface area contributed by atoms with Crippen molar-refractivity contribution < 1.29 is 22.7 Å². The number of hydrogen-bond donors (Lipinski definition) is 0. The maximum atomic E-state index is 12.8. The van der Waals surface area contributed by atoms with Crippen LogP contribution in [0.15, 0.2) is 0 Å². The first-order valence-corrected chi connectivity index (χ1v) is 10.6. The molecule has 2 aliphatic heterocycles. The van der Waals surface area contributed by atoms with Crippen molar-refractivity contribution >= 4 is 21.9 Å². The minimum Gasteiger partial charge on any atom is -0.469 e. The van der Waals surface area contributed by atoms with Crippen molar-refractivity contribution in [2.45, 2.75) is 51.2 Å². The summed E-state index contributed by atoms with van der Waals surface area (Å²) in [4.78, 5) is 25.1. The lowest BCUT2D eigenvalue weighted by atomic mass is 10.0. The highest BCUT2D eigenvalue weighted by Gasteiger charge is 2.46. The molecule has 0 radical (unpaired) electrons. The van der Waals surface area contributed by atoms with Crippen molar-refractivity contribution in [2.75, 3.05) is 33.3 Å². The van der Waals surface area contributed by atoms with E-state index in [1.165, 1.54) is 7.11 Å². The number of amides is 1. The van der Waals surface area contributed by atoms with Crippen LogP contribution in [-0.2, 0) is 24.3 Å². The van der Waals surface area contributed by atoms with Crippen LogP contribution < -0.4 is 0 Å². The molecule has 0 spiro atoms. The zero-order chi connectivity index (χ0) is 18.6. The van der Waals surface area contributed by atoms with Crippen LogP contribution in [0.25, 0.3) is 0 Å². The number of nitrogens with zero attached hydrogens (tertiary/aromatic N) is 2. The smallest absolute Gasteiger partial charge is 0.306 e. The topological polar surface area (TPSA) is 84.0 Å². The van der Waals surface area contributed by atoms with Gasteiger partial charge >= 0.3 is 5.97 Å². The molecule has 1 amide bonds. The summed E-state index contributed by atoms with van der Waals surface area (Å²) in [5.41, 5.74) is 0. The number of carbonyl (C=O) groups excluding carboxylic acids is 2. The first kappa shape index (κ1) is 20.2. The molecule has 0 N–H and O–H groups in total. The van der Waals surface area contributed by atoms with E-state index < -0.39 is 16.0 Å². The molecule has 0 aliphatic carbocycles. The summed E-state index contributed by atoms with van der Waals surface area (Å²) < 4.78 is 31.8. The predicted octanol–water partition coefficient (Wildman–Crippen LogP) is 1.24. The summed E-state index contributed by atoms with van der Waals surface area (Å²) in [5.74, 6) is 0.0712. The maximum absolute atomic E-state index is 12.8. The number of fused-ring (bicyclic) bond motifs is 1. The molecule has 2 fully saturated rings. The molecule has 0 unspecified atom stereocenters. The summed E-state index contributed by atoms with van der Waals surface area (Å²) in [6, 6.07) is 0. The van der Waals surface area contributed by atoms with Gasteiger partial charge in [-0.25, -0.2) is 12.7 Å². The summed E-state index contributed by atoms with van der Waals surface area (Å²) >= 11 is 0. The van der Waals surface area contributed by atoms with Gasteiger partial charge in [-0.15, -0.1) is 0 Å². The largest absolute Gasteiger partial charge is 0.469 e.